The van der Waals surface area contributed by atoms with Crippen molar-refractivity contribution in [2.45, 2.75) is 12.7 Å². The van der Waals surface area contributed by atoms with Crippen LogP contribution in [0.15, 0.2) is 29.6 Å². The molecule has 0 saturated carbocycles. The van der Waals surface area contributed by atoms with Crippen LogP contribution in [0.2, 0.25) is 0 Å². The number of anilines is 1. The van der Waals surface area contributed by atoms with Crippen molar-refractivity contribution in [3.8, 4) is 0 Å². The van der Waals surface area contributed by atoms with Crippen LogP contribution < -0.4 is 10.2 Å². The largest absolute Gasteiger partial charge is 0.434 e. The lowest BCUT2D eigenvalue weighted by Crippen LogP contribution is -2.29. The van der Waals surface area contributed by atoms with Gasteiger partial charge in [-0.05, 0) is 18.2 Å². The number of thiazole rings is 1. The molecule has 3 rings (SSSR count). The minimum atomic E-state index is -4.50. The summed E-state index contributed by atoms with van der Waals surface area (Å²) in [6.07, 6.45) is -4.50. The van der Waals surface area contributed by atoms with Gasteiger partial charge in [0.1, 0.15) is 5.01 Å². The molecule has 0 spiro atoms. The van der Waals surface area contributed by atoms with E-state index in [2.05, 4.69) is 10.3 Å². The van der Waals surface area contributed by atoms with Gasteiger partial charge in [0.15, 0.2) is 5.69 Å². The molecule has 1 N–H and O–H groups in total. The average molecular weight is 384 g/mol. The summed E-state index contributed by atoms with van der Waals surface area (Å²) in [5.74, 6) is -0.366. The van der Waals surface area contributed by atoms with Crippen LogP contribution in [0.1, 0.15) is 21.1 Å². The number of halogens is 3. The summed E-state index contributed by atoms with van der Waals surface area (Å²) >= 11 is 0.855. The molecule has 2 aromatic rings. The Kier molecular flexibility index (Phi) is 4.86. The van der Waals surface area contributed by atoms with Crippen molar-refractivity contribution in [2.24, 2.45) is 0 Å². The minimum absolute atomic E-state index is 0.0337. The first kappa shape index (κ1) is 18.2. The molecule has 10 heteroatoms. The van der Waals surface area contributed by atoms with E-state index in [1.165, 1.54) is 16.8 Å². The second-order valence-electron chi connectivity index (χ2n) is 5.72. The Bertz CT molecular complexity index is 837. The average Bonchev–Trinajstić information content (AvgIpc) is 3.23. The normalized spacial score (nSPS) is 14.5. The van der Waals surface area contributed by atoms with Crippen molar-refractivity contribution in [3.63, 3.8) is 0 Å². The molecule has 1 aliphatic heterocycles. The van der Waals surface area contributed by atoms with Gasteiger partial charge in [-0.25, -0.2) is 9.78 Å². The SMILES string of the molecule is CN(Cc1nc(C(F)(F)F)cs1)C(=O)c1cccc(N2CCNC2=O)c1. The highest BCUT2D eigenvalue weighted by atomic mass is 32.1. The number of aromatic nitrogens is 1. The highest BCUT2D eigenvalue weighted by Crippen LogP contribution is 2.30. The molecular formula is C16H15F3N4O2S. The number of carbonyl (C=O) groups is 2. The summed E-state index contributed by atoms with van der Waals surface area (Å²) in [5.41, 5.74) is -0.0226. The van der Waals surface area contributed by atoms with Gasteiger partial charge in [0, 0.05) is 36.8 Å². The fourth-order valence-electron chi connectivity index (χ4n) is 2.53. The van der Waals surface area contributed by atoms with Crippen molar-refractivity contribution in [2.75, 3.05) is 25.0 Å². The maximum Gasteiger partial charge on any atom is 0.434 e. The van der Waals surface area contributed by atoms with Crippen LogP contribution in [0.5, 0.6) is 0 Å². The maximum atomic E-state index is 12.6. The zero-order valence-corrected chi connectivity index (χ0v) is 14.5. The Balaban J connectivity index is 1.72. The van der Waals surface area contributed by atoms with Crippen molar-refractivity contribution >= 4 is 29.0 Å². The van der Waals surface area contributed by atoms with Crippen molar-refractivity contribution in [3.05, 3.63) is 45.9 Å². The number of alkyl halides is 3. The van der Waals surface area contributed by atoms with Crippen molar-refractivity contribution in [1.82, 2.24) is 15.2 Å². The molecule has 2 heterocycles. The molecule has 0 radical (unpaired) electrons. The minimum Gasteiger partial charge on any atom is -0.336 e. The van der Waals surface area contributed by atoms with Gasteiger partial charge in [-0.3, -0.25) is 9.69 Å². The Labute approximate surface area is 151 Å². The van der Waals surface area contributed by atoms with E-state index in [-0.39, 0.29) is 23.5 Å². The second kappa shape index (κ2) is 6.94. The first-order valence-electron chi connectivity index (χ1n) is 7.68. The van der Waals surface area contributed by atoms with Gasteiger partial charge in [-0.15, -0.1) is 11.3 Å². The topological polar surface area (TPSA) is 65.5 Å². The molecule has 1 fully saturated rings. The molecule has 3 amide bonds. The number of amides is 3. The highest BCUT2D eigenvalue weighted by molar-refractivity contribution is 7.09. The van der Waals surface area contributed by atoms with Gasteiger partial charge in [-0.2, -0.15) is 13.2 Å². The number of nitrogens with one attached hydrogen (secondary N) is 1. The number of hydrogen-bond acceptors (Lipinski definition) is 4. The highest BCUT2D eigenvalue weighted by Gasteiger charge is 2.33. The Hall–Kier alpha value is -2.62. The van der Waals surface area contributed by atoms with Crippen molar-refractivity contribution < 1.29 is 22.8 Å². The molecular weight excluding hydrogens is 369 g/mol. The summed E-state index contributed by atoms with van der Waals surface area (Å²) in [4.78, 5) is 30.6. The number of urea groups is 1. The van der Waals surface area contributed by atoms with E-state index in [1.807, 2.05) is 0 Å². The smallest absolute Gasteiger partial charge is 0.336 e. The lowest BCUT2D eigenvalue weighted by Gasteiger charge is -2.18. The van der Waals surface area contributed by atoms with E-state index in [1.54, 1.807) is 24.3 Å². The van der Waals surface area contributed by atoms with Gasteiger partial charge < -0.3 is 10.2 Å². The fraction of sp³-hybridized carbons (Fsp3) is 0.312. The second-order valence-corrected chi connectivity index (χ2v) is 6.66. The molecule has 26 heavy (non-hydrogen) atoms. The molecule has 0 atom stereocenters. The summed E-state index contributed by atoms with van der Waals surface area (Å²) in [7, 11) is 1.49. The van der Waals surface area contributed by atoms with E-state index in [0.29, 0.717) is 24.3 Å². The molecule has 1 aromatic heterocycles. The molecule has 0 aliphatic carbocycles. The molecule has 1 aliphatic rings. The quantitative estimate of drug-likeness (QED) is 0.882. The molecule has 1 saturated heterocycles. The fourth-order valence-corrected chi connectivity index (χ4v) is 3.39. The predicted molar refractivity (Wildman–Crippen MR) is 90.1 cm³/mol. The Morgan fingerprint density at radius 2 is 2.19 bits per heavy atom. The van der Waals surface area contributed by atoms with Crippen LogP contribution in [0, 0.1) is 0 Å². The zero-order chi connectivity index (χ0) is 18.9. The Morgan fingerprint density at radius 1 is 1.42 bits per heavy atom. The van der Waals surface area contributed by atoms with Gasteiger partial charge in [-0.1, -0.05) is 6.07 Å². The lowest BCUT2D eigenvalue weighted by atomic mass is 10.1. The number of carbonyl (C=O) groups excluding carboxylic acids is 2. The van der Waals surface area contributed by atoms with Crippen LogP contribution in [0.3, 0.4) is 0 Å². The molecule has 138 valence electrons. The zero-order valence-electron chi connectivity index (χ0n) is 13.7. The first-order chi connectivity index (χ1) is 12.3. The van der Waals surface area contributed by atoms with Crippen LogP contribution in [0.25, 0.3) is 0 Å². The van der Waals surface area contributed by atoms with E-state index in [9.17, 15) is 22.8 Å². The third kappa shape index (κ3) is 3.79. The summed E-state index contributed by atoms with van der Waals surface area (Å²) in [6, 6.07) is 6.34. The number of hydrogen-bond donors (Lipinski definition) is 1. The van der Waals surface area contributed by atoms with E-state index < -0.39 is 11.9 Å². The number of nitrogens with zero attached hydrogens (tertiary/aromatic N) is 3. The lowest BCUT2D eigenvalue weighted by molar-refractivity contribution is -0.140. The van der Waals surface area contributed by atoms with E-state index in [4.69, 9.17) is 0 Å². The molecule has 0 bridgehead atoms. The molecule has 6 nitrogen and oxygen atoms in total. The monoisotopic (exact) mass is 384 g/mol. The molecule has 0 unspecified atom stereocenters. The van der Waals surface area contributed by atoms with Crippen LogP contribution in [-0.2, 0) is 12.7 Å². The summed E-state index contributed by atoms with van der Waals surface area (Å²) in [6.45, 7) is 1.00. The standard InChI is InChI=1S/C16H15F3N4O2S/c1-22(8-13-21-12(9-26-13)16(17,18)19)14(24)10-3-2-4-11(7-10)23-6-5-20-15(23)25/h2-4,7,9H,5-6,8H2,1H3,(H,20,25). The van der Waals surface area contributed by atoms with Gasteiger partial charge >= 0.3 is 12.2 Å². The summed E-state index contributed by atoms with van der Waals surface area (Å²) in [5, 5.41) is 3.81. The number of benzene rings is 1. The van der Waals surface area contributed by atoms with Crippen LogP contribution >= 0.6 is 11.3 Å². The molecule has 1 aromatic carbocycles. The van der Waals surface area contributed by atoms with Crippen LogP contribution in [0.4, 0.5) is 23.7 Å². The Morgan fingerprint density at radius 3 is 2.81 bits per heavy atom. The predicted octanol–water partition coefficient (Wildman–Crippen LogP) is 2.96. The first-order valence-corrected chi connectivity index (χ1v) is 8.56. The van der Waals surface area contributed by atoms with Gasteiger partial charge in [0.05, 0.1) is 6.54 Å². The number of rotatable bonds is 4. The van der Waals surface area contributed by atoms with Gasteiger partial charge in [0.2, 0.25) is 0 Å². The van der Waals surface area contributed by atoms with Gasteiger partial charge in [0.25, 0.3) is 5.91 Å². The van der Waals surface area contributed by atoms with E-state index >= 15 is 0 Å². The van der Waals surface area contributed by atoms with E-state index in [0.717, 1.165) is 16.7 Å². The third-order valence-corrected chi connectivity index (χ3v) is 4.66. The van der Waals surface area contributed by atoms with Crippen molar-refractivity contribution in [1.29, 1.82) is 0 Å². The summed E-state index contributed by atoms with van der Waals surface area (Å²) < 4.78 is 37.8. The third-order valence-electron chi connectivity index (χ3n) is 3.82. The maximum absolute atomic E-state index is 12.6. The van der Waals surface area contributed by atoms with Crippen LogP contribution in [-0.4, -0.2) is 42.0 Å².